The monoisotopic (exact) mass is 526 g/mol. The molecule has 0 unspecified atom stereocenters. The van der Waals surface area contributed by atoms with E-state index in [2.05, 4.69) is 9.46 Å². The van der Waals surface area contributed by atoms with Crippen LogP contribution in [0.4, 0.5) is 0 Å². The van der Waals surface area contributed by atoms with Crippen LogP contribution in [-0.4, -0.2) is 75.1 Å². The summed E-state index contributed by atoms with van der Waals surface area (Å²) in [4.78, 5) is 51.1. The first-order valence-electron chi connectivity index (χ1n) is 11.7. The molecule has 1 aliphatic rings. The zero-order chi connectivity index (χ0) is 27.1. The van der Waals surface area contributed by atoms with Gasteiger partial charge in [0.05, 0.1) is 37.0 Å². The molecule has 0 saturated heterocycles. The van der Waals surface area contributed by atoms with Crippen LogP contribution in [0, 0.1) is 0 Å². The van der Waals surface area contributed by atoms with Crippen molar-refractivity contribution < 1.29 is 41.8 Å². The lowest BCUT2D eigenvalue weighted by atomic mass is 10.1. The number of amides is 1. The number of nitrogens with one attached hydrogen (secondary N) is 1. The van der Waals surface area contributed by atoms with E-state index in [1.165, 1.54) is 29.2 Å². The van der Waals surface area contributed by atoms with E-state index in [1.54, 1.807) is 27.7 Å². The molecule has 11 nitrogen and oxygen atoms in total. The zero-order valence-electron chi connectivity index (χ0n) is 21.2. The number of nitrogens with zero attached hydrogens (tertiary/aromatic N) is 1. The average Bonchev–Trinajstić information content (AvgIpc) is 3.62. The van der Waals surface area contributed by atoms with Gasteiger partial charge in [-0.25, -0.2) is 13.2 Å². The van der Waals surface area contributed by atoms with Crippen molar-refractivity contribution in [2.75, 3.05) is 20.3 Å². The molecule has 1 N–H and O–H groups in total. The fourth-order valence-corrected chi connectivity index (χ4v) is 4.85. The van der Waals surface area contributed by atoms with Gasteiger partial charge in [0.15, 0.2) is 0 Å². The third-order valence-corrected chi connectivity index (χ3v) is 6.63. The van der Waals surface area contributed by atoms with Gasteiger partial charge in [0.1, 0.15) is 11.6 Å². The van der Waals surface area contributed by atoms with Crippen LogP contribution in [0.2, 0.25) is 0 Å². The summed E-state index contributed by atoms with van der Waals surface area (Å²) < 4.78 is 43.8. The zero-order valence-corrected chi connectivity index (χ0v) is 22.1. The SMILES string of the molecule is CCOC(=O)CCN(C(=O)[C@H](CC(=O)OC(C)(C)C)NS(=O)(=O)c1ccccc1C(=O)OC)C1CC1. The molecule has 0 aliphatic heterocycles. The highest BCUT2D eigenvalue weighted by Gasteiger charge is 2.39. The number of benzene rings is 1. The van der Waals surface area contributed by atoms with Crippen LogP contribution in [0.3, 0.4) is 0 Å². The molecule has 0 spiro atoms. The van der Waals surface area contributed by atoms with E-state index < -0.39 is 56.8 Å². The number of methoxy groups -OCH3 is 1. The molecule has 1 amide bonds. The van der Waals surface area contributed by atoms with Crippen molar-refractivity contribution in [3.8, 4) is 0 Å². The first kappa shape index (κ1) is 29.2. The van der Waals surface area contributed by atoms with Crippen LogP contribution in [0.15, 0.2) is 29.2 Å². The lowest BCUT2D eigenvalue weighted by Gasteiger charge is -2.28. The van der Waals surface area contributed by atoms with E-state index in [-0.39, 0.29) is 31.2 Å². The fraction of sp³-hybridized carbons (Fsp3) is 0.583. The van der Waals surface area contributed by atoms with Crippen LogP contribution in [0.25, 0.3) is 0 Å². The molecule has 12 heteroatoms. The van der Waals surface area contributed by atoms with Crippen LogP contribution in [-0.2, 0) is 38.6 Å². The molecule has 1 aromatic carbocycles. The van der Waals surface area contributed by atoms with E-state index in [1.807, 2.05) is 0 Å². The van der Waals surface area contributed by atoms with Gasteiger partial charge in [-0.1, -0.05) is 12.1 Å². The molecule has 1 fully saturated rings. The second-order valence-corrected chi connectivity index (χ2v) is 11.0. The maximum atomic E-state index is 13.5. The highest BCUT2D eigenvalue weighted by molar-refractivity contribution is 7.89. The predicted octanol–water partition coefficient (Wildman–Crippen LogP) is 1.80. The van der Waals surface area contributed by atoms with Crippen molar-refractivity contribution in [1.82, 2.24) is 9.62 Å². The third-order valence-electron chi connectivity index (χ3n) is 5.10. The van der Waals surface area contributed by atoms with Gasteiger partial charge in [-0.15, -0.1) is 0 Å². The number of ether oxygens (including phenoxy) is 3. The molecule has 1 aliphatic carbocycles. The highest BCUT2D eigenvalue weighted by Crippen LogP contribution is 2.28. The van der Waals surface area contributed by atoms with E-state index in [0.29, 0.717) is 12.8 Å². The Morgan fingerprint density at radius 2 is 1.75 bits per heavy atom. The Balaban J connectivity index is 2.37. The summed E-state index contributed by atoms with van der Waals surface area (Å²) in [5, 5.41) is 0. The van der Waals surface area contributed by atoms with Crippen LogP contribution >= 0.6 is 0 Å². The van der Waals surface area contributed by atoms with E-state index in [0.717, 1.165) is 7.11 Å². The van der Waals surface area contributed by atoms with Crippen molar-refractivity contribution in [3.05, 3.63) is 29.8 Å². The second kappa shape index (κ2) is 12.3. The Kier molecular flexibility index (Phi) is 10.00. The van der Waals surface area contributed by atoms with Crippen molar-refractivity contribution in [1.29, 1.82) is 0 Å². The average molecular weight is 527 g/mol. The standard InChI is InChI=1S/C24H34N2O9S/c1-6-34-20(27)13-14-26(16-11-12-16)22(29)18(15-21(28)35-24(2,3)4)25-36(31,32)19-10-8-7-9-17(19)23(30)33-5/h7-10,16,18,25H,6,11-15H2,1-5H3/t18-/m0/s1. The number of carbonyl (C=O) groups excluding carboxylic acids is 4. The van der Waals surface area contributed by atoms with Crippen LogP contribution < -0.4 is 4.72 Å². The molecule has 0 heterocycles. The Morgan fingerprint density at radius 3 is 2.31 bits per heavy atom. The summed E-state index contributed by atoms with van der Waals surface area (Å²) in [5.74, 6) is -2.83. The van der Waals surface area contributed by atoms with E-state index in [4.69, 9.17) is 9.47 Å². The molecule has 0 radical (unpaired) electrons. The number of hydrogen-bond acceptors (Lipinski definition) is 9. The van der Waals surface area contributed by atoms with Crippen molar-refractivity contribution in [3.63, 3.8) is 0 Å². The van der Waals surface area contributed by atoms with E-state index >= 15 is 0 Å². The smallest absolute Gasteiger partial charge is 0.339 e. The normalized spacial score (nSPS) is 14.5. The quantitative estimate of drug-likeness (QED) is 0.318. The van der Waals surface area contributed by atoms with E-state index in [9.17, 15) is 27.6 Å². The molecule has 1 saturated carbocycles. The summed E-state index contributed by atoms with van der Waals surface area (Å²) >= 11 is 0. The van der Waals surface area contributed by atoms with Crippen LogP contribution in [0.5, 0.6) is 0 Å². The van der Waals surface area contributed by atoms with Gasteiger partial charge < -0.3 is 19.1 Å². The Bertz CT molecular complexity index is 1080. The number of sulfonamides is 1. The number of carbonyl (C=O) groups is 4. The molecule has 1 aromatic rings. The molecular weight excluding hydrogens is 492 g/mol. The molecule has 200 valence electrons. The lowest BCUT2D eigenvalue weighted by Crippen LogP contribution is -2.51. The minimum Gasteiger partial charge on any atom is -0.466 e. The molecular formula is C24H34N2O9S. The van der Waals surface area contributed by atoms with Gasteiger partial charge in [0, 0.05) is 12.6 Å². The van der Waals surface area contributed by atoms with Gasteiger partial charge in [-0.05, 0) is 52.7 Å². The molecule has 36 heavy (non-hydrogen) atoms. The second-order valence-electron chi connectivity index (χ2n) is 9.27. The fourth-order valence-electron chi connectivity index (χ4n) is 3.46. The Morgan fingerprint density at radius 1 is 1.11 bits per heavy atom. The lowest BCUT2D eigenvalue weighted by molar-refractivity contribution is -0.157. The maximum absolute atomic E-state index is 13.5. The number of esters is 3. The summed E-state index contributed by atoms with van der Waals surface area (Å²) in [5.41, 5.74) is -1.08. The molecule has 0 aromatic heterocycles. The summed E-state index contributed by atoms with van der Waals surface area (Å²) in [6.45, 7) is 6.81. The summed E-state index contributed by atoms with van der Waals surface area (Å²) in [6.07, 6.45) is 0.711. The minimum absolute atomic E-state index is 0.00757. The Labute approximate surface area is 211 Å². The van der Waals surface area contributed by atoms with Crippen molar-refractivity contribution in [2.45, 2.75) is 76.0 Å². The summed E-state index contributed by atoms with van der Waals surface area (Å²) in [6, 6.07) is 3.66. The maximum Gasteiger partial charge on any atom is 0.339 e. The number of hydrogen-bond donors (Lipinski definition) is 1. The topological polar surface area (TPSA) is 145 Å². The largest absolute Gasteiger partial charge is 0.466 e. The minimum atomic E-state index is -4.46. The summed E-state index contributed by atoms with van der Waals surface area (Å²) in [7, 11) is -3.34. The van der Waals surface area contributed by atoms with Crippen molar-refractivity contribution >= 4 is 33.8 Å². The first-order chi connectivity index (χ1) is 16.8. The number of rotatable bonds is 12. The van der Waals surface area contributed by atoms with Crippen molar-refractivity contribution in [2.24, 2.45) is 0 Å². The predicted molar refractivity (Wildman–Crippen MR) is 128 cm³/mol. The highest BCUT2D eigenvalue weighted by atomic mass is 32.2. The van der Waals surface area contributed by atoms with Gasteiger partial charge in [-0.3, -0.25) is 14.4 Å². The van der Waals surface area contributed by atoms with Gasteiger partial charge in [-0.2, -0.15) is 4.72 Å². The van der Waals surface area contributed by atoms with Gasteiger partial charge in [0.25, 0.3) is 0 Å². The Hall–Kier alpha value is -2.99. The molecule has 1 atom stereocenters. The van der Waals surface area contributed by atoms with Gasteiger partial charge in [0.2, 0.25) is 15.9 Å². The molecule has 0 bridgehead atoms. The molecule has 2 rings (SSSR count). The third kappa shape index (κ3) is 8.59. The van der Waals surface area contributed by atoms with Gasteiger partial charge >= 0.3 is 17.9 Å². The van der Waals surface area contributed by atoms with Crippen LogP contribution in [0.1, 0.15) is 63.7 Å². The first-order valence-corrected chi connectivity index (χ1v) is 13.1.